The molecule has 1 aromatic heterocycles. The van der Waals surface area contributed by atoms with E-state index in [2.05, 4.69) is 66.5 Å². The van der Waals surface area contributed by atoms with E-state index in [0.717, 1.165) is 29.7 Å². The first kappa shape index (κ1) is 12.9. The Morgan fingerprint density at radius 3 is 2.55 bits per heavy atom. The van der Waals surface area contributed by atoms with Crippen LogP contribution >= 0.6 is 0 Å². The molecule has 2 heteroatoms. The first-order valence-corrected chi connectivity index (χ1v) is 7.58. The molecule has 1 aliphatic carbocycles. The Morgan fingerprint density at radius 2 is 1.77 bits per heavy atom. The van der Waals surface area contributed by atoms with Crippen LogP contribution in [0.3, 0.4) is 0 Å². The number of nitrogens with zero attached hydrogens (tertiary/aromatic N) is 1. The van der Waals surface area contributed by atoms with Gasteiger partial charge in [-0.2, -0.15) is 5.26 Å². The maximum Gasteiger partial charge on any atom is 0.126 e. The molecular weight excluding hydrogens is 268 g/mol. The number of hydrogen-bond donors (Lipinski definition) is 1. The zero-order valence-electron chi connectivity index (χ0n) is 12.5. The van der Waals surface area contributed by atoms with Crippen LogP contribution in [0.1, 0.15) is 22.4 Å². The fourth-order valence-electron chi connectivity index (χ4n) is 3.38. The second-order valence-corrected chi connectivity index (χ2v) is 5.86. The number of fused-ring (bicyclic) bond motifs is 3. The molecule has 4 rings (SSSR count). The lowest BCUT2D eigenvalue weighted by molar-refractivity contribution is 0.943. The molecule has 2 aromatic carbocycles. The molecule has 1 heterocycles. The summed E-state index contributed by atoms with van der Waals surface area (Å²) in [5.41, 5.74) is 9.09. The maximum absolute atomic E-state index is 9.55. The molecule has 0 radical (unpaired) electrons. The van der Waals surface area contributed by atoms with Crippen molar-refractivity contribution in [3.63, 3.8) is 0 Å². The topological polar surface area (TPSA) is 39.6 Å². The predicted molar refractivity (Wildman–Crippen MR) is 88.5 cm³/mol. The Kier molecular flexibility index (Phi) is 2.87. The number of H-pyrrole nitrogens is 1. The average molecular weight is 284 g/mol. The van der Waals surface area contributed by atoms with Crippen LogP contribution in [-0.2, 0) is 12.8 Å². The molecule has 1 aliphatic rings. The Hall–Kier alpha value is -2.79. The van der Waals surface area contributed by atoms with Crippen molar-refractivity contribution in [2.24, 2.45) is 0 Å². The summed E-state index contributed by atoms with van der Waals surface area (Å²) in [7, 11) is 0. The van der Waals surface area contributed by atoms with E-state index in [1.165, 1.54) is 22.3 Å². The van der Waals surface area contributed by atoms with Crippen LogP contribution in [0.15, 0.2) is 48.5 Å². The number of benzene rings is 2. The van der Waals surface area contributed by atoms with Gasteiger partial charge in [0.25, 0.3) is 0 Å². The van der Waals surface area contributed by atoms with Crippen LogP contribution in [0.5, 0.6) is 0 Å². The smallest absolute Gasteiger partial charge is 0.126 e. The number of nitrogens with one attached hydrogen (secondary N) is 1. The molecule has 22 heavy (non-hydrogen) atoms. The van der Waals surface area contributed by atoms with Gasteiger partial charge in [0.1, 0.15) is 11.8 Å². The summed E-state index contributed by atoms with van der Waals surface area (Å²) in [6, 6.07) is 19.2. The number of aryl methyl sites for hydroxylation is 2. The van der Waals surface area contributed by atoms with E-state index in [1.807, 2.05) is 0 Å². The Balaban J connectivity index is 1.97. The molecule has 0 saturated heterocycles. The second kappa shape index (κ2) is 4.89. The average Bonchev–Trinajstić information content (AvgIpc) is 2.94. The van der Waals surface area contributed by atoms with Gasteiger partial charge >= 0.3 is 0 Å². The molecule has 0 atom stereocenters. The zero-order chi connectivity index (χ0) is 15.1. The molecular formula is C20H16N2. The van der Waals surface area contributed by atoms with E-state index < -0.39 is 0 Å². The van der Waals surface area contributed by atoms with Crippen molar-refractivity contribution >= 4 is 0 Å². The van der Waals surface area contributed by atoms with Gasteiger partial charge in [0, 0.05) is 11.1 Å². The number of rotatable bonds is 1. The Morgan fingerprint density at radius 1 is 1.00 bits per heavy atom. The number of aromatic nitrogens is 1. The Bertz CT molecular complexity index is 892. The zero-order valence-corrected chi connectivity index (χ0v) is 12.5. The van der Waals surface area contributed by atoms with Crippen LogP contribution in [0.4, 0.5) is 0 Å². The van der Waals surface area contributed by atoms with Crippen LogP contribution in [-0.4, -0.2) is 4.98 Å². The van der Waals surface area contributed by atoms with Crippen LogP contribution < -0.4 is 0 Å². The molecule has 2 nitrogen and oxygen atoms in total. The Labute approximate surface area is 130 Å². The van der Waals surface area contributed by atoms with Gasteiger partial charge in [0.2, 0.25) is 0 Å². The molecule has 0 fully saturated rings. The van der Waals surface area contributed by atoms with E-state index in [1.54, 1.807) is 0 Å². The van der Waals surface area contributed by atoms with Gasteiger partial charge in [-0.3, -0.25) is 0 Å². The largest absolute Gasteiger partial charge is 0.346 e. The molecule has 1 N–H and O–H groups in total. The van der Waals surface area contributed by atoms with Gasteiger partial charge in [0.05, 0.1) is 5.69 Å². The fraction of sp³-hybridized carbons (Fsp3) is 0.150. The highest BCUT2D eigenvalue weighted by Gasteiger charge is 2.24. The van der Waals surface area contributed by atoms with E-state index in [9.17, 15) is 5.26 Å². The van der Waals surface area contributed by atoms with E-state index in [0.29, 0.717) is 5.69 Å². The van der Waals surface area contributed by atoms with Gasteiger partial charge in [0.15, 0.2) is 0 Å². The highest BCUT2D eigenvalue weighted by molar-refractivity contribution is 5.84. The lowest BCUT2D eigenvalue weighted by Crippen LogP contribution is -2.03. The molecule has 0 spiro atoms. The molecule has 3 aromatic rings. The third-order valence-corrected chi connectivity index (χ3v) is 4.49. The molecule has 0 amide bonds. The quantitative estimate of drug-likeness (QED) is 0.695. The molecule has 0 saturated carbocycles. The second-order valence-electron chi connectivity index (χ2n) is 5.86. The number of nitriles is 1. The standard InChI is InChI=1S/C20H16N2/c1-13-6-8-15(9-7-13)19-17-11-10-14-4-2-3-5-16(14)20(17)22-18(19)12-21/h2-9,22H,10-11H2,1H3. The monoisotopic (exact) mass is 284 g/mol. The van der Waals surface area contributed by atoms with E-state index in [4.69, 9.17) is 0 Å². The minimum atomic E-state index is 0.672. The van der Waals surface area contributed by atoms with E-state index >= 15 is 0 Å². The van der Waals surface area contributed by atoms with Gasteiger partial charge in [-0.1, -0.05) is 54.1 Å². The summed E-state index contributed by atoms with van der Waals surface area (Å²) in [5, 5.41) is 9.55. The third kappa shape index (κ3) is 1.87. The van der Waals surface area contributed by atoms with Crippen molar-refractivity contribution in [3.05, 3.63) is 70.9 Å². The highest BCUT2D eigenvalue weighted by Crippen LogP contribution is 2.40. The van der Waals surface area contributed by atoms with Gasteiger partial charge in [-0.05, 0) is 36.5 Å². The van der Waals surface area contributed by atoms with Crippen molar-refractivity contribution in [2.45, 2.75) is 19.8 Å². The summed E-state index contributed by atoms with van der Waals surface area (Å²) in [4.78, 5) is 3.36. The molecule has 0 bridgehead atoms. The van der Waals surface area contributed by atoms with Gasteiger partial charge in [-0.15, -0.1) is 0 Å². The van der Waals surface area contributed by atoms with Crippen molar-refractivity contribution in [2.75, 3.05) is 0 Å². The third-order valence-electron chi connectivity index (χ3n) is 4.49. The van der Waals surface area contributed by atoms with Crippen molar-refractivity contribution in [3.8, 4) is 28.5 Å². The summed E-state index contributed by atoms with van der Waals surface area (Å²) >= 11 is 0. The van der Waals surface area contributed by atoms with Gasteiger partial charge < -0.3 is 4.98 Å². The summed E-state index contributed by atoms with van der Waals surface area (Å²) < 4.78 is 0. The van der Waals surface area contributed by atoms with Crippen molar-refractivity contribution in [1.29, 1.82) is 5.26 Å². The van der Waals surface area contributed by atoms with Crippen LogP contribution in [0.25, 0.3) is 22.4 Å². The SMILES string of the molecule is Cc1ccc(-c2c(C#N)[nH]c3c2CCc2ccccc2-3)cc1. The highest BCUT2D eigenvalue weighted by atomic mass is 14.7. The summed E-state index contributed by atoms with van der Waals surface area (Å²) in [6.45, 7) is 2.08. The minimum absolute atomic E-state index is 0.672. The first-order chi connectivity index (χ1) is 10.8. The molecule has 0 unspecified atom stereocenters. The minimum Gasteiger partial charge on any atom is -0.346 e. The fourth-order valence-corrected chi connectivity index (χ4v) is 3.38. The number of aromatic amines is 1. The van der Waals surface area contributed by atoms with Gasteiger partial charge in [-0.25, -0.2) is 0 Å². The summed E-state index contributed by atoms with van der Waals surface area (Å²) in [6.07, 6.45) is 2.01. The maximum atomic E-state index is 9.55. The van der Waals surface area contributed by atoms with Crippen molar-refractivity contribution in [1.82, 2.24) is 4.98 Å². The lowest BCUT2D eigenvalue weighted by atomic mass is 9.87. The molecule has 106 valence electrons. The van der Waals surface area contributed by atoms with Crippen LogP contribution in [0.2, 0.25) is 0 Å². The van der Waals surface area contributed by atoms with E-state index in [-0.39, 0.29) is 0 Å². The summed E-state index contributed by atoms with van der Waals surface area (Å²) in [5.74, 6) is 0. The van der Waals surface area contributed by atoms with Crippen molar-refractivity contribution < 1.29 is 0 Å². The van der Waals surface area contributed by atoms with Crippen LogP contribution in [0, 0.1) is 18.3 Å². The normalized spacial score (nSPS) is 12.4. The number of hydrogen-bond acceptors (Lipinski definition) is 1. The first-order valence-electron chi connectivity index (χ1n) is 7.58. The molecule has 0 aliphatic heterocycles. The predicted octanol–water partition coefficient (Wildman–Crippen LogP) is 4.63. The lowest BCUT2D eigenvalue weighted by Gasteiger charge is -2.17.